The van der Waals surface area contributed by atoms with Gasteiger partial charge in [-0.15, -0.1) is 0 Å². The van der Waals surface area contributed by atoms with E-state index in [1.54, 1.807) is 35.2 Å². The van der Waals surface area contributed by atoms with Crippen molar-refractivity contribution >= 4 is 40.5 Å². The summed E-state index contributed by atoms with van der Waals surface area (Å²) >= 11 is 12.2. The molecule has 1 aliphatic rings. The Labute approximate surface area is 132 Å². The standard InChI is InChI=1S/C15H12Cl2N2O2/c16-11-3-1-2-9(15(11)17)7-19-12-6-10(18)4-5-13(12)21-8-14(19)20/h1-6H,7-8,18H2. The first-order valence-corrected chi connectivity index (χ1v) is 7.07. The molecule has 3 rings (SSSR count). The number of halogens is 2. The van der Waals surface area contributed by atoms with Gasteiger partial charge in [0.05, 0.1) is 22.3 Å². The molecule has 2 N–H and O–H groups in total. The molecule has 21 heavy (non-hydrogen) atoms. The second-order valence-corrected chi connectivity index (χ2v) is 5.49. The van der Waals surface area contributed by atoms with Gasteiger partial charge >= 0.3 is 0 Å². The van der Waals surface area contributed by atoms with E-state index < -0.39 is 0 Å². The highest BCUT2D eigenvalue weighted by atomic mass is 35.5. The first-order chi connectivity index (χ1) is 10.1. The minimum absolute atomic E-state index is 0.00486. The monoisotopic (exact) mass is 322 g/mol. The molecule has 1 aliphatic heterocycles. The SMILES string of the molecule is Nc1ccc2c(c1)N(Cc1cccc(Cl)c1Cl)C(=O)CO2. The Bertz CT molecular complexity index is 719. The van der Waals surface area contributed by atoms with Crippen LogP contribution in [0.1, 0.15) is 5.56 Å². The molecule has 0 aromatic heterocycles. The molecule has 2 aromatic carbocycles. The molecule has 2 aromatic rings. The number of nitrogen functional groups attached to an aromatic ring is 1. The fraction of sp³-hybridized carbons (Fsp3) is 0.133. The van der Waals surface area contributed by atoms with Gasteiger partial charge in [0.15, 0.2) is 6.61 Å². The van der Waals surface area contributed by atoms with Crippen LogP contribution in [0.5, 0.6) is 5.75 Å². The van der Waals surface area contributed by atoms with Crippen molar-refractivity contribution in [1.29, 1.82) is 0 Å². The van der Waals surface area contributed by atoms with Crippen LogP contribution in [0.3, 0.4) is 0 Å². The predicted octanol–water partition coefficient (Wildman–Crippen LogP) is 3.50. The Morgan fingerprint density at radius 1 is 1.24 bits per heavy atom. The lowest BCUT2D eigenvalue weighted by molar-refractivity contribution is -0.121. The number of carbonyl (C=O) groups is 1. The zero-order chi connectivity index (χ0) is 15.0. The number of hydrogen-bond donors (Lipinski definition) is 1. The highest BCUT2D eigenvalue weighted by molar-refractivity contribution is 6.42. The molecule has 0 aliphatic carbocycles. The van der Waals surface area contributed by atoms with E-state index in [1.165, 1.54) is 0 Å². The molecule has 6 heteroatoms. The molecule has 0 atom stereocenters. The van der Waals surface area contributed by atoms with Crippen LogP contribution >= 0.6 is 23.2 Å². The third-order valence-electron chi connectivity index (χ3n) is 3.29. The van der Waals surface area contributed by atoms with Crippen molar-refractivity contribution in [3.05, 3.63) is 52.0 Å². The number of benzene rings is 2. The third-order valence-corrected chi connectivity index (χ3v) is 4.14. The fourth-order valence-corrected chi connectivity index (χ4v) is 2.61. The molecule has 0 bridgehead atoms. The van der Waals surface area contributed by atoms with Crippen molar-refractivity contribution in [3.8, 4) is 5.75 Å². The quantitative estimate of drug-likeness (QED) is 0.861. The average molecular weight is 323 g/mol. The zero-order valence-electron chi connectivity index (χ0n) is 11.0. The van der Waals surface area contributed by atoms with E-state index in [9.17, 15) is 4.79 Å². The maximum atomic E-state index is 12.2. The van der Waals surface area contributed by atoms with Gasteiger partial charge in [0.25, 0.3) is 5.91 Å². The smallest absolute Gasteiger partial charge is 0.265 e. The number of anilines is 2. The van der Waals surface area contributed by atoms with Crippen LogP contribution in [0.2, 0.25) is 10.0 Å². The topological polar surface area (TPSA) is 55.6 Å². The van der Waals surface area contributed by atoms with Gasteiger partial charge in [-0.2, -0.15) is 0 Å². The van der Waals surface area contributed by atoms with E-state index in [0.29, 0.717) is 33.7 Å². The van der Waals surface area contributed by atoms with Crippen molar-refractivity contribution < 1.29 is 9.53 Å². The Balaban J connectivity index is 2.00. The second-order valence-electron chi connectivity index (χ2n) is 4.71. The normalized spacial score (nSPS) is 13.8. The van der Waals surface area contributed by atoms with Gasteiger partial charge in [0.2, 0.25) is 0 Å². The number of ether oxygens (including phenoxy) is 1. The minimum atomic E-state index is -0.149. The number of nitrogens with zero attached hydrogens (tertiary/aromatic N) is 1. The Hall–Kier alpha value is -1.91. The second kappa shape index (κ2) is 5.47. The van der Waals surface area contributed by atoms with Crippen LogP contribution in [-0.4, -0.2) is 12.5 Å². The Morgan fingerprint density at radius 2 is 2.05 bits per heavy atom. The summed E-state index contributed by atoms with van der Waals surface area (Å²) in [6, 6.07) is 10.5. The molecule has 0 fully saturated rings. The molecule has 108 valence electrons. The highest BCUT2D eigenvalue weighted by Crippen LogP contribution is 2.36. The van der Waals surface area contributed by atoms with Crippen LogP contribution in [-0.2, 0) is 11.3 Å². The summed E-state index contributed by atoms with van der Waals surface area (Å²) in [5.41, 5.74) is 7.77. The third kappa shape index (κ3) is 2.64. The van der Waals surface area contributed by atoms with E-state index in [1.807, 2.05) is 6.07 Å². The van der Waals surface area contributed by atoms with E-state index in [0.717, 1.165) is 5.56 Å². The van der Waals surface area contributed by atoms with Crippen molar-refractivity contribution in [3.63, 3.8) is 0 Å². The van der Waals surface area contributed by atoms with Crippen LogP contribution < -0.4 is 15.4 Å². The molecular formula is C15H12Cl2N2O2. The summed E-state index contributed by atoms with van der Waals surface area (Å²) < 4.78 is 5.41. The molecule has 0 spiro atoms. The van der Waals surface area contributed by atoms with E-state index in [2.05, 4.69) is 0 Å². The highest BCUT2D eigenvalue weighted by Gasteiger charge is 2.26. The van der Waals surface area contributed by atoms with Crippen molar-refractivity contribution in [1.82, 2.24) is 0 Å². The lowest BCUT2D eigenvalue weighted by Gasteiger charge is -2.30. The van der Waals surface area contributed by atoms with Crippen LogP contribution in [0, 0.1) is 0 Å². The lowest BCUT2D eigenvalue weighted by Crippen LogP contribution is -2.38. The summed E-state index contributed by atoms with van der Waals surface area (Å²) in [5.74, 6) is 0.478. The number of rotatable bonds is 2. The minimum Gasteiger partial charge on any atom is -0.482 e. The van der Waals surface area contributed by atoms with Gasteiger partial charge in [-0.25, -0.2) is 0 Å². The summed E-state index contributed by atoms with van der Waals surface area (Å²) in [6.45, 7) is 0.313. The van der Waals surface area contributed by atoms with Crippen LogP contribution in [0.25, 0.3) is 0 Å². The molecule has 0 unspecified atom stereocenters. The summed E-state index contributed by atoms with van der Waals surface area (Å²) in [6.07, 6.45) is 0. The number of nitrogens with two attached hydrogens (primary N) is 1. The summed E-state index contributed by atoms with van der Waals surface area (Å²) in [5, 5.41) is 0.909. The van der Waals surface area contributed by atoms with E-state index in [-0.39, 0.29) is 12.5 Å². The maximum absolute atomic E-state index is 12.2. The molecule has 1 heterocycles. The van der Waals surface area contributed by atoms with Crippen molar-refractivity contribution in [2.24, 2.45) is 0 Å². The first-order valence-electron chi connectivity index (χ1n) is 6.32. The molecular weight excluding hydrogens is 311 g/mol. The van der Waals surface area contributed by atoms with Gasteiger partial charge in [-0.3, -0.25) is 4.79 Å². The zero-order valence-corrected chi connectivity index (χ0v) is 12.5. The number of carbonyl (C=O) groups excluding carboxylic acids is 1. The van der Waals surface area contributed by atoms with Gasteiger partial charge < -0.3 is 15.4 Å². The first kappa shape index (κ1) is 14.0. The van der Waals surface area contributed by atoms with E-state index in [4.69, 9.17) is 33.7 Å². The molecule has 0 saturated carbocycles. The molecule has 1 amide bonds. The number of hydrogen-bond acceptors (Lipinski definition) is 3. The van der Waals surface area contributed by atoms with Crippen molar-refractivity contribution in [2.75, 3.05) is 17.2 Å². The molecule has 4 nitrogen and oxygen atoms in total. The number of amides is 1. The van der Waals surface area contributed by atoms with Crippen LogP contribution in [0.4, 0.5) is 11.4 Å². The Morgan fingerprint density at radius 3 is 2.86 bits per heavy atom. The molecule has 0 saturated heterocycles. The largest absolute Gasteiger partial charge is 0.482 e. The van der Waals surface area contributed by atoms with Gasteiger partial charge in [-0.1, -0.05) is 35.3 Å². The van der Waals surface area contributed by atoms with Gasteiger partial charge in [0.1, 0.15) is 5.75 Å². The van der Waals surface area contributed by atoms with Crippen molar-refractivity contribution in [2.45, 2.75) is 6.54 Å². The Kier molecular flexibility index (Phi) is 3.66. The predicted molar refractivity (Wildman–Crippen MR) is 84.0 cm³/mol. The van der Waals surface area contributed by atoms with Crippen LogP contribution in [0.15, 0.2) is 36.4 Å². The maximum Gasteiger partial charge on any atom is 0.265 e. The van der Waals surface area contributed by atoms with E-state index >= 15 is 0 Å². The van der Waals surface area contributed by atoms with Gasteiger partial charge in [-0.05, 0) is 29.8 Å². The number of fused-ring (bicyclic) bond motifs is 1. The average Bonchev–Trinajstić information content (AvgIpc) is 2.46. The lowest BCUT2D eigenvalue weighted by atomic mass is 10.1. The fourth-order valence-electron chi connectivity index (χ4n) is 2.23. The summed E-state index contributed by atoms with van der Waals surface area (Å²) in [7, 11) is 0. The van der Waals surface area contributed by atoms with Gasteiger partial charge in [0, 0.05) is 5.69 Å². The summed E-state index contributed by atoms with van der Waals surface area (Å²) in [4.78, 5) is 13.8. The molecule has 0 radical (unpaired) electrons.